The summed E-state index contributed by atoms with van der Waals surface area (Å²) in [6, 6.07) is 3.57. The van der Waals surface area contributed by atoms with Crippen LogP contribution < -0.4 is 10.5 Å². The maximum Gasteiger partial charge on any atom is 0.232 e. The van der Waals surface area contributed by atoms with Crippen molar-refractivity contribution in [1.29, 1.82) is 0 Å². The molecule has 4 nitrogen and oxygen atoms in total. The van der Waals surface area contributed by atoms with E-state index in [2.05, 4.69) is 4.72 Å². The Hall–Kier alpha value is -1.23. The fraction of sp³-hybridized carbons (Fsp3) is 0.400. The standard InChI is InChI=1S/C10H16N2O2S/c1-4-15(13,14)12-10-7(2)5-6-9(11)8(10)3/h5-6,12H,4,11H2,1-3H3. The van der Waals surface area contributed by atoms with Crippen molar-refractivity contribution in [3.63, 3.8) is 0 Å². The molecule has 84 valence electrons. The van der Waals surface area contributed by atoms with Gasteiger partial charge in [-0.1, -0.05) is 6.07 Å². The maximum atomic E-state index is 11.4. The van der Waals surface area contributed by atoms with Gasteiger partial charge in [-0.3, -0.25) is 4.72 Å². The first-order valence-electron chi connectivity index (χ1n) is 4.73. The van der Waals surface area contributed by atoms with Gasteiger partial charge in [0.25, 0.3) is 0 Å². The lowest BCUT2D eigenvalue weighted by atomic mass is 10.1. The molecule has 1 aromatic carbocycles. The number of benzene rings is 1. The summed E-state index contributed by atoms with van der Waals surface area (Å²) in [7, 11) is -3.24. The Morgan fingerprint density at radius 1 is 1.33 bits per heavy atom. The highest BCUT2D eigenvalue weighted by Crippen LogP contribution is 2.25. The molecule has 0 aromatic heterocycles. The molecular formula is C10H16N2O2S. The Morgan fingerprint density at radius 2 is 1.93 bits per heavy atom. The van der Waals surface area contributed by atoms with E-state index in [0.29, 0.717) is 11.4 Å². The predicted octanol–water partition coefficient (Wildman–Crippen LogP) is 1.65. The van der Waals surface area contributed by atoms with E-state index in [-0.39, 0.29) is 5.75 Å². The molecule has 0 aliphatic carbocycles. The van der Waals surface area contributed by atoms with Gasteiger partial charge in [0.1, 0.15) is 0 Å². The zero-order valence-electron chi connectivity index (χ0n) is 9.16. The van der Waals surface area contributed by atoms with Gasteiger partial charge in [-0.05, 0) is 38.0 Å². The molecule has 0 saturated heterocycles. The molecule has 0 unspecified atom stereocenters. The van der Waals surface area contributed by atoms with Crippen LogP contribution in [0, 0.1) is 13.8 Å². The fourth-order valence-electron chi connectivity index (χ4n) is 1.25. The second-order valence-electron chi connectivity index (χ2n) is 3.48. The first-order valence-corrected chi connectivity index (χ1v) is 6.38. The normalized spacial score (nSPS) is 11.4. The first-order chi connectivity index (χ1) is 6.87. The highest BCUT2D eigenvalue weighted by Gasteiger charge is 2.12. The molecule has 0 saturated carbocycles. The van der Waals surface area contributed by atoms with Crippen LogP contribution in [0.1, 0.15) is 18.1 Å². The molecule has 0 aliphatic heterocycles. The Labute approximate surface area is 90.5 Å². The SMILES string of the molecule is CCS(=O)(=O)Nc1c(C)ccc(N)c1C. The van der Waals surface area contributed by atoms with E-state index in [1.54, 1.807) is 26.0 Å². The van der Waals surface area contributed by atoms with E-state index in [0.717, 1.165) is 11.1 Å². The molecule has 5 heteroatoms. The zero-order chi connectivity index (χ0) is 11.6. The lowest BCUT2D eigenvalue weighted by Crippen LogP contribution is -2.16. The number of hydrogen-bond donors (Lipinski definition) is 2. The monoisotopic (exact) mass is 228 g/mol. The number of nitrogen functional groups attached to an aromatic ring is 1. The van der Waals surface area contributed by atoms with Gasteiger partial charge in [-0.2, -0.15) is 0 Å². The molecule has 0 amide bonds. The van der Waals surface area contributed by atoms with E-state index >= 15 is 0 Å². The van der Waals surface area contributed by atoms with Gasteiger partial charge in [0.05, 0.1) is 11.4 Å². The summed E-state index contributed by atoms with van der Waals surface area (Å²) in [5.74, 6) is 0.0562. The average molecular weight is 228 g/mol. The Kier molecular flexibility index (Phi) is 3.24. The van der Waals surface area contributed by atoms with Crippen LogP contribution in [0.25, 0.3) is 0 Å². The summed E-state index contributed by atoms with van der Waals surface area (Å²) in [5.41, 5.74) is 8.55. The topological polar surface area (TPSA) is 72.2 Å². The number of anilines is 2. The number of aryl methyl sites for hydroxylation is 1. The van der Waals surface area contributed by atoms with E-state index < -0.39 is 10.0 Å². The van der Waals surface area contributed by atoms with Crippen molar-refractivity contribution in [1.82, 2.24) is 0 Å². The van der Waals surface area contributed by atoms with E-state index in [1.165, 1.54) is 0 Å². The molecule has 0 aliphatic rings. The van der Waals surface area contributed by atoms with Crippen molar-refractivity contribution in [3.05, 3.63) is 23.3 Å². The number of rotatable bonds is 3. The van der Waals surface area contributed by atoms with Gasteiger partial charge in [0.15, 0.2) is 0 Å². The fourth-order valence-corrected chi connectivity index (χ4v) is 2.02. The minimum absolute atomic E-state index is 0.0562. The van der Waals surface area contributed by atoms with Crippen LogP contribution >= 0.6 is 0 Å². The van der Waals surface area contributed by atoms with Crippen molar-refractivity contribution >= 4 is 21.4 Å². The average Bonchev–Trinajstić information content (AvgIpc) is 2.19. The molecule has 0 bridgehead atoms. The highest BCUT2D eigenvalue weighted by atomic mass is 32.2. The third-order valence-electron chi connectivity index (χ3n) is 2.35. The second kappa shape index (κ2) is 4.10. The Balaban J connectivity index is 3.21. The molecule has 0 atom stereocenters. The van der Waals surface area contributed by atoms with Gasteiger partial charge in [0, 0.05) is 5.69 Å². The molecule has 15 heavy (non-hydrogen) atoms. The Morgan fingerprint density at radius 3 is 2.47 bits per heavy atom. The smallest absolute Gasteiger partial charge is 0.232 e. The lowest BCUT2D eigenvalue weighted by Gasteiger charge is -2.13. The first kappa shape index (κ1) is 11.8. The molecule has 3 N–H and O–H groups in total. The van der Waals surface area contributed by atoms with E-state index in [1.807, 2.05) is 6.92 Å². The van der Waals surface area contributed by atoms with Crippen LogP contribution in [-0.4, -0.2) is 14.2 Å². The molecule has 0 fully saturated rings. The van der Waals surface area contributed by atoms with Gasteiger partial charge >= 0.3 is 0 Å². The van der Waals surface area contributed by atoms with E-state index in [4.69, 9.17) is 5.73 Å². The third kappa shape index (κ3) is 2.62. The van der Waals surface area contributed by atoms with Crippen LogP contribution in [0.3, 0.4) is 0 Å². The number of nitrogens with two attached hydrogens (primary N) is 1. The maximum absolute atomic E-state index is 11.4. The van der Waals surface area contributed by atoms with E-state index in [9.17, 15) is 8.42 Å². The lowest BCUT2D eigenvalue weighted by molar-refractivity contribution is 0.602. The minimum Gasteiger partial charge on any atom is -0.398 e. The van der Waals surface area contributed by atoms with Crippen LogP contribution in [0.5, 0.6) is 0 Å². The molecule has 0 heterocycles. The molecular weight excluding hydrogens is 212 g/mol. The van der Waals surface area contributed by atoms with Crippen LogP contribution in [0.4, 0.5) is 11.4 Å². The molecule has 0 radical (unpaired) electrons. The summed E-state index contributed by atoms with van der Waals surface area (Å²) >= 11 is 0. The Bertz CT molecular complexity index is 467. The van der Waals surface area contributed by atoms with Crippen molar-refractivity contribution in [3.8, 4) is 0 Å². The van der Waals surface area contributed by atoms with Crippen molar-refractivity contribution in [2.24, 2.45) is 0 Å². The summed E-state index contributed by atoms with van der Waals surface area (Å²) in [4.78, 5) is 0. The van der Waals surface area contributed by atoms with Gasteiger partial charge in [-0.15, -0.1) is 0 Å². The highest BCUT2D eigenvalue weighted by molar-refractivity contribution is 7.92. The quantitative estimate of drug-likeness (QED) is 0.773. The summed E-state index contributed by atoms with van der Waals surface area (Å²) in [5, 5.41) is 0. The van der Waals surface area contributed by atoms with Crippen LogP contribution in [-0.2, 0) is 10.0 Å². The van der Waals surface area contributed by atoms with Gasteiger partial charge < -0.3 is 5.73 Å². The summed E-state index contributed by atoms with van der Waals surface area (Å²) in [6.07, 6.45) is 0. The minimum atomic E-state index is -3.24. The molecule has 0 spiro atoms. The molecule has 1 rings (SSSR count). The summed E-state index contributed by atoms with van der Waals surface area (Å²) in [6.45, 7) is 5.25. The number of hydrogen-bond acceptors (Lipinski definition) is 3. The zero-order valence-corrected chi connectivity index (χ0v) is 9.98. The summed E-state index contributed by atoms with van der Waals surface area (Å²) < 4.78 is 25.4. The van der Waals surface area contributed by atoms with Gasteiger partial charge in [-0.25, -0.2) is 8.42 Å². The largest absolute Gasteiger partial charge is 0.398 e. The third-order valence-corrected chi connectivity index (χ3v) is 3.63. The van der Waals surface area contributed by atoms with Crippen LogP contribution in [0.2, 0.25) is 0 Å². The van der Waals surface area contributed by atoms with Crippen molar-refractivity contribution in [2.45, 2.75) is 20.8 Å². The number of nitrogens with one attached hydrogen (secondary N) is 1. The van der Waals surface area contributed by atoms with Crippen LogP contribution in [0.15, 0.2) is 12.1 Å². The molecule has 1 aromatic rings. The van der Waals surface area contributed by atoms with Gasteiger partial charge in [0.2, 0.25) is 10.0 Å². The van der Waals surface area contributed by atoms with Crippen molar-refractivity contribution < 1.29 is 8.42 Å². The number of sulfonamides is 1. The van der Waals surface area contributed by atoms with Crippen molar-refractivity contribution in [2.75, 3.05) is 16.2 Å². The second-order valence-corrected chi connectivity index (χ2v) is 5.49. The predicted molar refractivity (Wildman–Crippen MR) is 63.4 cm³/mol.